The molecular formula is C7H10N2O. The van der Waals surface area contributed by atoms with Gasteiger partial charge in [-0.15, -0.1) is 0 Å². The molecule has 0 aromatic carbocycles. The number of allylic oxidation sites excluding steroid dienone is 2. The molecule has 0 aromatic rings. The quantitative estimate of drug-likeness (QED) is 0.531. The molecule has 0 bridgehead atoms. The Hall–Kier alpha value is -1.25. The number of nitrogens with one attached hydrogen (secondary N) is 1. The molecule has 1 aliphatic rings. The van der Waals surface area contributed by atoms with Gasteiger partial charge in [-0.25, -0.2) is 0 Å². The molecule has 1 rings (SSSR count). The van der Waals surface area contributed by atoms with E-state index < -0.39 is 0 Å². The Morgan fingerprint density at radius 3 is 2.90 bits per heavy atom. The average molecular weight is 138 g/mol. The molecule has 3 heteroatoms. The average Bonchev–Trinajstić information content (AvgIpc) is 1.88. The summed E-state index contributed by atoms with van der Waals surface area (Å²) in [6.07, 6.45) is 5.42. The van der Waals surface area contributed by atoms with Crippen LogP contribution in [0.4, 0.5) is 0 Å². The van der Waals surface area contributed by atoms with E-state index in [1.807, 2.05) is 19.1 Å². The van der Waals surface area contributed by atoms with Crippen LogP contribution < -0.4 is 11.1 Å². The summed E-state index contributed by atoms with van der Waals surface area (Å²) in [4.78, 5) is 10.6. The van der Waals surface area contributed by atoms with E-state index in [1.54, 1.807) is 6.20 Å². The summed E-state index contributed by atoms with van der Waals surface area (Å²) in [6, 6.07) is -0.315. The minimum atomic E-state index is -0.335. The maximum Gasteiger partial charge on any atom is 0.244 e. The Bertz CT molecular complexity index is 206. The topological polar surface area (TPSA) is 55.1 Å². The van der Waals surface area contributed by atoms with E-state index in [9.17, 15) is 4.79 Å². The van der Waals surface area contributed by atoms with E-state index in [4.69, 9.17) is 5.73 Å². The maximum absolute atomic E-state index is 10.6. The monoisotopic (exact) mass is 138 g/mol. The number of amides is 1. The van der Waals surface area contributed by atoms with Crippen LogP contribution in [0.5, 0.6) is 0 Å². The van der Waals surface area contributed by atoms with Gasteiger partial charge in [0.05, 0.1) is 0 Å². The van der Waals surface area contributed by atoms with Gasteiger partial charge in [-0.05, 0) is 24.8 Å². The van der Waals surface area contributed by atoms with Crippen LogP contribution >= 0.6 is 0 Å². The molecule has 0 saturated carbocycles. The molecule has 1 amide bonds. The van der Waals surface area contributed by atoms with E-state index in [2.05, 4.69) is 5.32 Å². The van der Waals surface area contributed by atoms with Gasteiger partial charge >= 0.3 is 0 Å². The van der Waals surface area contributed by atoms with Gasteiger partial charge in [0.1, 0.15) is 6.04 Å². The summed E-state index contributed by atoms with van der Waals surface area (Å²) in [7, 11) is 0. The van der Waals surface area contributed by atoms with Crippen molar-refractivity contribution in [3.63, 3.8) is 0 Å². The second kappa shape index (κ2) is 2.56. The largest absolute Gasteiger partial charge is 0.376 e. The molecule has 0 spiro atoms. The first-order chi connectivity index (χ1) is 4.72. The zero-order valence-electron chi connectivity index (χ0n) is 5.79. The Balaban J connectivity index is 2.73. The number of hydrogen-bond acceptors (Lipinski definition) is 2. The van der Waals surface area contributed by atoms with Gasteiger partial charge in [0, 0.05) is 0 Å². The van der Waals surface area contributed by atoms with Crippen LogP contribution in [0.2, 0.25) is 0 Å². The van der Waals surface area contributed by atoms with Crippen molar-refractivity contribution in [3.8, 4) is 0 Å². The van der Waals surface area contributed by atoms with Gasteiger partial charge in [0.2, 0.25) is 5.91 Å². The van der Waals surface area contributed by atoms with Crippen molar-refractivity contribution < 1.29 is 4.79 Å². The Morgan fingerprint density at radius 1 is 1.80 bits per heavy atom. The lowest BCUT2D eigenvalue weighted by Crippen LogP contribution is -2.40. The predicted octanol–water partition coefficient (Wildman–Crippen LogP) is -0.0965. The van der Waals surface area contributed by atoms with E-state index >= 15 is 0 Å². The highest BCUT2D eigenvalue weighted by atomic mass is 16.1. The molecule has 3 N–H and O–H groups in total. The van der Waals surface area contributed by atoms with Gasteiger partial charge in [-0.2, -0.15) is 0 Å². The summed E-state index contributed by atoms with van der Waals surface area (Å²) in [6.45, 7) is 1.87. The normalized spacial score (nSPS) is 23.3. The van der Waals surface area contributed by atoms with Crippen LogP contribution in [-0.4, -0.2) is 11.9 Å². The van der Waals surface area contributed by atoms with E-state index in [0.717, 1.165) is 5.57 Å². The predicted molar refractivity (Wildman–Crippen MR) is 39.0 cm³/mol. The van der Waals surface area contributed by atoms with E-state index in [-0.39, 0.29) is 11.9 Å². The second-order valence-corrected chi connectivity index (χ2v) is 2.27. The molecule has 0 saturated heterocycles. The molecule has 3 nitrogen and oxygen atoms in total. The first-order valence-corrected chi connectivity index (χ1v) is 3.10. The third kappa shape index (κ3) is 1.18. The lowest BCUT2D eigenvalue weighted by molar-refractivity contribution is -0.118. The molecule has 54 valence electrons. The molecule has 0 fully saturated rings. The lowest BCUT2D eigenvalue weighted by Gasteiger charge is -2.16. The first kappa shape index (κ1) is 6.86. The fraction of sp³-hybridized carbons (Fsp3) is 0.286. The summed E-state index contributed by atoms with van der Waals surface area (Å²) in [5, 5.41) is 2.84. The standard InChI is InChI=1S/C7H10N2O/c1-5-3-2-4-9-6(5)7(8)10/h2-4,6,9H,1H3,(H2,8,10). The Kier molecular flexibility index (Phi) is 1.76. The Morgan fingerprint density at radius 2 is 2.50 bits per heavy atom. The van der Waals surface area contributed by atoms with E-state index in [1.165, 1.54) is 0 Å². The molecule has 1 unspecified atom stereocenters. The highest BCUT2D eigenvalue weighted by Gasteiger charge is 2.15. The van der Waals surface area contributed by atoms with E-state index in [0.29, 0.717) is 0 Å². The van der Waals surface area contributed by atoms with Crippen LogP contribution in [0.3, 0.4) is 0 Å². The van der Waals surface area contributed by atoms with Gasteiger partial charge in [-0.3, -0.25) is 4.79 Å². The van der Waals surface area contributed by atoms with Gasteiger partial charge in [0.25, 0.3) is 0 Å². The summed E-state index contributed by atoms with van der Waals surface area (Å²) >= 11 is 0. The number of hydrogen-bond donors (Lipinski definition) is 2. The van der Waals surface area contributed by atoms with Crippen LogP contribution in [0.25, 0.3) is 0 Å². The smallest absolute Gasteiger partial charge is 0.244 e. The second-order valence-electron chi connectivity index (χ2n) is 2.27. The zero-order valence-corrected chi connectivity index (χ0v) is 5.79. The SMILES string of the molecule is CC1=CC=CNC1C(N)=O. The van der Waals surface area contributed by atoms with Crippen molar-refractivity contribution in [2.75, 3.05) is 0 Å². The van der Waals surface area contributed by atoms with Crippen molar-refractivity contribution in [3.05, 3.63) is 23.9 Å². The van der Waals surface area contributed by atoms with Crippen LogP contribution in [0.15, 0.2) is 23.9 Å². The highest BCUT2D eigenvalue weighted by molar-refractivity contribution is 5.83. The molecule has 1 heterocycles. The first-order valence-electron chi connectivity index (χ1n) is 3.10. The molecular weight excluding hydrogens is 128 g/mol. The highest BCUT2D eigenvalue weighted by Crippen LogP contribution is 2.04. The molecule has 0 radical (unpaired) electrons. The minimum absolute atomic E-state index is 0.315. The maximum atomic E-state index is 10.6. The van der Waals surface area contributed by atoms with Crippen molar-refractivity contribution in [1.29, 1.82) is 0 Å². The van der Waals surface area contributed by atoms with Crippen LogP contribution in [0, 0.1) is 0 Å². The van der Waals surface area contributed by atoms with Crippen molar-refractivity contribution in [2.45, 2.75) is 13.0 Å². The Labute approximate surface area is 59.6 Å². The molecule has 0 aromatic heterocycles. The molecule has 1 aliphatic heterocycles. The van der Waals surface area contributed by atoms with Crippen molar-refractivity contribution in [1.82, 2.24) is 5.32 Å². The van der Waals surface area contributed by atoms with Crippen LogP contribution in [-0.2, 0) is 4.79 Å². The van der Waals surface area contributed by atoms with Gasteiger partial charge in [0.15, 0.2) is 0 Å². The molecule has 1 atom stereocenters. The number of primary amides is 1. The van der Waals surface area contributed by atoms with Crippen molar-refractivity contribution >= 4 is 5.91 Å². The number of rotatable bonds is 1. The third-order valence-corrected chi connectivity index (χ3v) is 1.46. The number of carbonyl (C=O) groups is 1. The van der Waals surface area contributed by atoms with Gasteiger partial charge < -0.3 is 11.1 Å². The zero-order chi connectivity index (χ0) is 7.56. The number of dihydropyridines is 1. The fourth-order valence-electron chi connectivity index (χ4n) is 0.886. The van der Waals surface area contributed by atoms with Gasteiger partial charge in [-0.1, -0.05) is 6.08 Å². The van der Waals surface area contributed by atoms with Crippen molar-refractivity contribution in [2.24, 2.45) is 5.73 Å². The fourth-order valence-corrected chi connectivity index (χ4v) is 0.886. The summed E-state index contributed by atoms with van der Waals surface area (Å²) < 4.78 is 0. The number of carbonyl (C=O) groups excluding carboxylic acids is 1. The van der Waals surface area contributed by atoms with Crippen LogP contribution in [0.1, 0.15) is 6.92 Å². The summed E-state index contributed by atoms with van der Waals surface area (Å²) in [5.41, 5.74) is 6.04. The summed E-state index contributed by atoms with van der Waals surface area (Å²) in [5.74, 6) is -0.335. The molecule has 10 heavy (non-hydrogen) atoms. The molecule has 0 aliphatic carbocycles. The lowest BCUT2D eigenvalue weighted by atomic mass is 10.1. The minimum Gasteiger partial charge on any atom is -0.376 e. The number of nitrogens with two attached hydrogens (primary N) is 1. The third-order valence-electron chi connectivity index (χ3n) is 1.46.